The number of ether oxygens (including phenoxy) is 2. The van der Waals surface area contributed by atoms with Gasteiger partial charge in [-0.05, 0) is 99.8 Å². The van der Waals surface area contributed by atoms with Crippen LogP contribution in [0.4, 0.5) is 0 Å². The van der Waals surface area contributed by atoms with Crippen LogP contribution < -0.4 is 9.46 Å². The number of sulfonamides is 1. The summed E-state index contributed by atoms with van der Waals surface area (Å²) in [7, 11) is -1.84. The van der Waals surface area contributed by atoms with E-state index in [-0.39, 0.29) is 5.60 Å². The molecule has 1 aromatic rings. The highest BCUT2D eigenvalue weighted by Gasteiger charge is 2.57. The molecule has 0 heterocycles. The number of nitrogens with one attached hydrogen (secondary N) is 1. The molecule has 4 fully saturated rings. The average molecular weight is 408 g/mol. The Labute approximate surface area is 169 Å². The first-order valence-electron chi connectivity index (χ1n) is 10.6. The molecule has 0 atom stereocenters. The van der Waals surface area contributed by atoms with Crippen LogP contribution in [0.3, 0.4) is 0 Å². The first kappa shape index (κ1) is 20.2. The molecule has 0 saturated heterocycles. The molecule has 0 unspecified atom stereocenters. The van der Waals surface area contributed by atoms with Gasteiger partial charge in [-0.2, -0.15) is 0 Å². The van der Waals surface area contributed by atoms with Crippen LogP contribution in [-0.2, 0) is 14.8 Å². The molecule has 0 spiro atoms. The standard InChI is InChI=1S/C22H33NO4S/c1-5-27-21-14(2)6-20(7-15(21)3)28(24,25)23-13-22(26-4)18-9-16-8-17(11-18)12-19(22)10-16/h6-7,16-19,23H,5,8-13H2,1-4H3. The maximum atomic E-state index is 13.1. The van der Waals surface area contributed by atoms with E-state index in [9.17, 15) is 8.42 Å². The van der Waals surface area contributed by atoms with E-state index in [1.807, 2.05) is 20.8 Å². The van der Waals surface area contributed by atoms with Gasteiger partial charge >= 0.3 is 0 Å². The molecule has 0 aliphatic heterocycles. The quantitative estimate of drug-likeness (QED) is 0.746. The van der Waals surface area contributed by atoms with Crippen molar-refractivity contribution in [1.29, 1.82) is 0 Å². The summed E-state index contributed by atoms with van der Waals surface area (Å²) >= 11 is 0. The summed E-state index contributed by atoms with van der Waals surface area (Å²) in [5.74, 6) is 3.36. The molecule has 28 heavy (non-hydrogen) atoms. The van der Waals surface area contributed by atoms with Gasteiger partial charge < -0.3 is 9.47 Å². The molecule has 6 heteroatoms. The first-order valence-corrected chi connectivity index (χ1v) is 12.1. The Bertz CT molecular complexity index is 797. The van der Waals surface area contributed by atoms with Crippen molar-refractivity contribution in [2.45, 2.75) is 63.4 Å². The van der Waals surface area contributed by atoms with Crippen molar-refractivity contribution in [3.05, 3.63) is 23.3 Å². The minimum atomic E-state index is -3.60. The van der Waals surface area contributed by atoms with Gasteiger partial charge in [-0.3, -0.25) is 0 Å². The van der Waals surface area contributed by atoms with Crippen molar-refractivity contribution >= 4 is 10.0 Å². The van der Waals surface area contributed by atoms with Gasteiger partial charge in [-0.15, -0.1) is 0 Å². The van der Waals surface area contributed by atoms with Gasteiger partial charge in [0.05, 0.1) is 17.1 Å². The number of aryl methyl sites for hydroxylation is 2. The molecule has 4 saturated carbocycles. The molecule has 1 aromatic carbocycles. The molecule has 0 aromatic heterocycles. The van der Waals surface area contributed by atoms with Gasteiger partial charge in [0.2, 0.25) is 10.0 Å². The summed E-state index contributed by atoms with van der Waals surface area (Å²) in [4.78, 5) is 0.307. The van der Waals surface area contributed by atoms with Crippen LogP contribution in [0.25, 0.3) is 0 Å². The third kappa shape index (κ3) is 3.27. The number of rotatable bonds is 7. The lowest BCUT2D eigenvalue weighted by atomic mass is 9.50. The van der Waals surface area contributed by atoms with E-state index in [2.05, 4.69) is 4.72 Å². The average Bonchev–Trinajstić information content (AvgIpc) is 2.64. The van der Waals surface area contributed by atoms with Gasteiger partial charge in [0.15, 0.2) is 0 Å². The van der Waals surface area contributed by atoms with Crippen LogP contribution >= 0.6 is 0 Å². The van der Waals surface area contributed by atoms with Crippen molar-refractivity contribution in [1.82, 2.24) is 4.72 Å². The summed E-state index contributed by atoms with van der Waals surface area (Å²) in [5, 5.41) is 0. The minimum Gasteiger partial charge on any atom is -0.493 e. The monoisotopic (exact) mass is 407 g/mol. The Kier molecular flexibility index (Phi) is 5.26. The second kappa shape index (κ2) is 7.29. The van der Waals surface area contributed by atoms with Crippen LogP contribution in [0.5, 0.6) is 5.75 Å². The smallest absolute Gasteiger partial charge is 0.240 e. The van der Waals surface area contributed by atoms with E-state index in [0.29, 0.717) is 29.9 Å². The van der Waals surface area contributed by atoms with Crippen molar-refractivity contribution < 1.29 is 17.9 Å². The van der Waals surface area contributed by atoms with Gasteiger partial charge in [0.25, 0.3) is 0 Å². The first-order chi connectivity index (χ1) is 13.3. The Hall–Kier alpha value is -1.11. The third-order valence-electron chi connectivity index (χ3n) is 7.47. The SMILES string of the molecule is CCOc1c(C)cc(S(=O)(=O)NCC2(OC)C3CC4CC(C3)CC2C4)cc1C. The highest BCUT2D eigenvalue weighted by Crippen LogP contribution is 2.59. The Balaban J connectivity index is 1.55. The number of methoxy groups -OCH3 is 1. The van der Waals surface area contributed by atoms with E-state index >= 15 is 0 Å². The van der Waals surface area contributed by atoms with E-state index < -0.39 is 10.0 Å². The van der Waals surface area contributed by atoms with Crippen LogP contribution in [0.15, 0.2) is 17.0 Å². The van der Waals surface area contributed by atoms with Crippen molar-refractivity contribution in [3.63, 3.8) is 0 Å². The summed E-state index contributed by atoms with van der Waals surface area (Å²) in [6.45, 7) is 6.65. The molecule has 0 amide bonds. The van der Waals surface area contributed by atoms with Crippen molar-refractivity contribution in [2.24, 2.45) is 23.7 Å². The fourth-order valence-electron chi connectivity index (χ4n) is 6.40. The predicted molar refractivity (Wildman–Crippen MR) is 109 cm³/mol. The van der Waals surface area contributed by atoms with Crippen LogP contribution in [0.2, 0.25) is 0 Å². The third-order valence-corrected chi connectivity index (χ3v) is 8.85. The lowest BCUT2D eigenvalue weighted by Crippen LogP contribution is -2.63. The Morgan fingerprint density at radius 1 is 1.04 bits per heavy atom. The Morgan fingerprint density at radius 2 is 1.57 bits per heavy atom. The van der Waals surface area contributed by atoms with Gasteiger partial charge in [-0.25, -0.2) is 13.1 Å². The Morgan fingerprint density at radius 3 is 2.04 bits per heavy atom. The normalized spacial score (nSPS) is 34.0. The molecule has 4 aliphatic carbocycles. The minimum absolute atomic E-state index is 0.307. The molecule has 4 bridgehead atoms. The van der Waals surface area contributed by atoms with Crippen LogP contribution in [-0.4, -0.2) is 34.3 Å². The number of hydrogen-bond donors (Lipinski definition) is 1. The molecule has 0 radical (unpaired) electrons. The summed E-state index contributed by atoms with van der Waals surface area (Å²) in [6, 6.07) is 3.41. The predicted octanol–water partition coefficient (Wildman–Crippen LogP) is 3.82. The highest BCUT2D eigenvalue weighted by atomic mass is 32.2. The molecule has 5 nitrogen and oxygen atoms in total. The van der Waals surface area contributed by atoms with Gasteiger partial charge in [0, 0.05) is 13.7 Å². The number of hydrogen-bond acceptors (Lipinski definition) is 4. The maximum absolute atomic E-state index is 13.1. The van der Waals surface area contributed by atoms with E-state index in [1.165, 1.54) is 32.1 Å². The summed E-state index contributed by atoms with van der Waals surface area (Å²) in [5.41, 5.74) is 1.34. The highest BCUT2D eigenvalue weighted by molar-refractivity contribution is 7.89. The summed E-state index contributed by atoms with van der Waals surface area (Å²) < 4.78 is 40.8. The molecular weight excluding hydrogens is 374 g/mol. The van der Waals surface area contributed by atoms with Gasteiger partial charge in [0.1, 0.15) is 5.75 Å². The second-order valence-electron chi connectivity index (χ2n) is 9.11. The number of benzene rings is 1. The zero-order valence-electron chi connectivity index (χ0n) is 17.5. The fourth-order valence-corrected chi connectivity index (χ4v) is 7.65. The van der Waals surface area contributed by atoms with Gasteiger partial charge in [-0.1, -0.05) is 0 Å². The fraction of sp³-hybridized carbons (Fsp3) is 0.727. The molecule has 5 rings (SSSR count). The lowest BCUT2D eigenvalue weighted by molar-refractivity contribution is -0.185. The van der Waals surface area contributed by atoms with Crippen molar-refractivity contribution in [2.75, 3.05) is 20.3 Å². The zero-order chi connectivity index (χ0) is 20.1. The zero-order valence-corrected chi connectivity index (χ0v) is 18.3. The second-order valence-corrected chi connectivity index (χ2v) is 10.9. The van der Waals surface area contributed by atoms with Crippen LogP contribution in [0.1, 0.15) is 50.2 Å². The largest absolute Gasteiger partial charge is 0.493 e. The summed E-state index contributed by atoms with van der Waals surface area (Å²) in [6.07, 6.45) is 6.10. The van der Waals surface area contributed by atoms with E-state index in [4.69, 9.17) is 9.47 Å². The maximum Gasteiger partial charge on any atom is 0.240 e. The molecule has 1 N–H and O–H groups in total. The lowest BCUT2D eigenvalue weighted by Gasteiger charge is -2.60. The van der Waals surface area contributed by atoms with E-state index in [0.717, 1.165) is 28.7 Å². The molecule has 4 aliphatic rings. The van der Waals surface area contributed by atoms with Crippen LogP contribution in [0, 0.1) is 37.5 Å². The molecular formula is C22H33NO4S. The van der Waals surface area contributed by atoms with Crippen molar-refractivity contribution in [3.8, 4) is 5.75 Å². The topological polar surface area (TPSA) is 64.6 Å². The molecule has 156 valence electrons. The van der Waals surface area contributed by atoms with E-state index in [1.54, 1.807) is 19.2 Å².